The maximum atomic E-state index is 14.5. The standard InChI is InChI=1S/C25H31FN6/c1-2-28-25(29-17-21-8-9-24(23(26)16-21)32-15-12-27-19-32)30-22-10-13-31(14-11-22)18-20-6-4-3-5-7-20/h3-9,12,15-16,19,22H,2,10-11,13-14,17-18H2,1H3,(H2,28,29,30). The third kappa shape index (κ3) is 5.95. The molecule has 7 heteroatoms. The fourth-order valence-corrected chi connectivity index (χ4v) is 4.02. The fourth-order valence-electron chi connectivity index (χ4n) is 4.02. The summed E-state index contributed by atoms with van der Waals surface area (Å²) in [6.07, 6.45) is 7.11. The Morgan fingerprint density at radius 2 is 1.94 bits per heavy atom. The first kappa shape index (κ1) is 22.0. The molecular formula is C25H31FN6. The highest BCUT2D eigenvalue weighted by molar-refractivity contribution is 5.80. The van der Waals surface area contributed by atoms with Gasteiger partial charge in [-0.05, 0) is 43.0 Å². The van der Waals surface area contributed by atoms with E-state index < -0.39 is 0 Å². The number of aliphatic imine (C=N–C) groups is 1. The van der Waals surface area contributed by atoms with E-state index in [1.165, 1.54) is 5.56 Å². The van der Waals surface area contributed by atoms with Crippen LogP contribution in [-0.2, 0) is 13.1 Å². The van der Waals surface area contributed by atoms with Crippen LogP contribution in [0.3, 0.4) is 0 Å². The molecule has 2 heterocycles. The first-order valence-corrected chi connectivity index (χ1v) is 11.3. The van der Waals surface area contributed by atoms with Crippen LogP contribution in [0.25, 0.3) is 5.69 Å². The van der Waals surface area contributed by atoms with E-state index in [0.717, 1.165) is 50.5 Å². The van der Waals surface area contributed by atoms with Gasteiger partial charge in [0.15, 0.2) is 5.96 Å². The zero-order valence-electron chi connectivity index (χ0n) is 18.5. The maximum Gasteiger partial charge on any atom is 0.191 e. The predicted octanol–water partition coefficient (Wildman–Crippen LogP) is 3.73. The van der Waals surface area contributed by atoms with Crippen LogP contribution in [0.15, 0.2) is 72.2 Å². The van der Waals surface area contributed by atoms with Crippen LogP contribution in [0.1, 0.15) is 30.9 Å². The van der Waals surface area contributed by atoms with E-state index in [4.69, 9.17) is 4.99 Å². The molecule has 0 radical (unpaired) electrons. The molecule has 1 aliphatic heterocycles. The zero-order valence-corrected chi connectivity index (χ0v) is 18.5. The molecule has 2 N–H and O–H groups in total. The Labute approximate surface area is 189 Å². The van der Waals surface area contributed by atoms with Crippen molar-refractivity contribution in [3.8, 4) is 5.69 Å². The predicted molar refractivity (Wildman–Crippen MR) is 126 cm³/mol. The number of rotatable bonds is 7. The molecule has 0 atom stereocenters. The van der Waals surface area contributed by atoms with Crippen molar-refractivity contribution in [2.24, 2.45) is 4.99 Å². The Morgan fingerprint density at radius 1 is 1.12 bits per heavy atom. The smallest absolute Gasteiger partial charge is 0.191 e. The first-order valence-electron chi connectivity index (χ1n) is 11.3. The fraction of sp³-hybridized carbons (Fsp3) is 0.360. The van der Waals surface area contributed by atoms with E-state index >= 15 is 0 Å². The van der Waals surface area contributed by atoms with Gasteiger partial charge in [-0.15, -0.1) is 0 Å². The molecule has 4 rings (SSSR count). The minimum absolute atomic E-state index is 0.278. The number of nitrogens with zero attached hydrogens (tertiary/aromatic N) is 4. The van der Waals surface area contributed by atoms with E-state index in [-0.39, 0.29) is 5.82 Å². The Morgan fingerprint density at radius 3 is 2.62 bits per heavy atom. The average Bonchev–Trinajstić information content (AvgIpc) is 3.34. The van der Waals surface area contributed by atoms with Gasteiger partial charge in [0.25, 0.3) is 0 Å². The Bertz CT molecular complexity index is 995. The minimum Gasteiger partial charge on any atom is -0.357 e. The molecular weight excluding hydrogens is 403 g/mol. The number of hydrogen-bond donors (Lipinski definition) is 2. The van der Waals surface area contributed by atoms with Gasteiger partial charge < -0.3 is 15.2 Å². The van der Waals surface area contributed by atoms with Crippen molar-refractivity contribution in [2.75, 3.05) is 19.6 Å². The molecule has 0 amide bonds. The van der Waals surface area contributed by atoms with Crippen molar-refractivity contribution in [3.05, 3.63) is 84.2 Å². The van der Waals surface area contributed by atoms with Gasteiger partial charge in [0.1, 0.15) is 5.82 Å². The summed E-state index contributed by atoms with van der Waals surface area (Å²) in [6.45, 7) is 6.39. The summed E-state index contributed by atoms with van der Waals surface area (Å²) in [5.41, 5.74) is 2.68. The van der Waals surface area contributed by atoms with Crippen molar-refractivity contribution >= 4 is 5.96 Å². The molecule has 0 bridgehead atoms. The number of nitrogens with one attached hydrogen (secondary N) is 2. The van der Waals surface area contributed by atoms with Gasteiger partial charge in [-0.2, -0.15) is 0 Å². The summed E-state index contributed by atoms with van der Waals surface area (Å²) < 4.78 is 16.2. The Hall–Kier alpha value is -3.19. The molecule has 2 aromatic carbocycles. The van der Waals surface area contributed by atoms with Crippen molar-refractivity contribution in [1.29, 1.82) is 0 Å². The molecule has 1 aliphatic rings. The van der Waals surface area contributed by atoms with Crippen molar-refractivity contribution in [3.63, 3.8) is 0 Å². The monoisotopic (exact) mass is 434 g/mol. The number of halogens is 1. The van der Waals surface area contributed by atoms with Crippen molar-refractivity contribution in [2.45, 2.75) is 38.9 Å². The molecule has 3 aromatic rings. The van der Waals surface area contributed by atoms with Crippen LogP contribution in [0.5, 0.6) is 0 Å². The molecule has 168 valence electrons. The Balaban J connectivity index is 1.31. The van der Waals surface area contributed by atoms with Crippen LogP contribution in [-0.4, -0.2) is 46.1 Å². The van der Waals surface area contributed by atoms with E-state index in [1.807, 2.05) is 6.07 Å². The number of aromatic nitrogens is 2. The normalized spacial score (nSPS) is 15.6. The van der Waals surface area contributed by atoms with Crippen LogP contribution < -0.4 is 10.6 Å². The van der Waals surface area contributed by atoms with Crippen LogP contribution in [0.2, 0.25) is 0 Å². The number of piperidine rings is 1. The topological polar surface area (TPSA) is 57.5 Å². The molecule has 1 fully saturated rings. The van der Waals surface area contributed by atoms with Gasteiger partial charge in [0, 0.05) is 44.6 Å². The largest absolute Gasteiger partial charge is 0.357 e. The zero-order chi connectivity index (χ0) is 22.2. The van der Waals surface area contributed by atoms with Crippen molar-refractivity contribution in [1.82, 2.24) is 25.1 Å². The van der Waals surface area contributed by atoms with E-state index in [9.17, 15) is 4.39 Å². The molecule has 0 spiro atoms. The van der Waals surface area contributed by atoms with Gasteiger partial charge >= 0.3 is 0 Å². The maximum absolute atomic E-state index is 14.5. The minimum atomic E-state index is -0.278. The second-order valence-electron chi connectivity index (χ2n) is 8.13. The van der Waals surface area contributed by atoms with Gasteiger partial charge in [0.05, 0.1) is 18.6 Å². The highest BCUT2D eigenvalue weighted by atomic mass is 19.1. The van der Waals surface area contributed by atoms with E-state index in [2.05, 4.69) is 57.8 Å². The number of imidazole rings is 1. The number of benzene rings is 2. The van der Waals surface area contributed by atoms with Crippen LogP contribution >= 0.6 is 0 Å². The quantitative estimate of drug-likeness (QED) is 0.440. The second kappa shape index (κ2) is 10.9. The van der Waals surface area contributed by atoms with E-state index in [1.54, 1.807) is 35.4 Å². The molecule has 1 aromatic heterocycles. The third-order valence-electron chi connectivity index (χ3n) is 5.74. The lowest BCUT2D eigenvalue weighted by Gasteiger charge is -2.33. The summed E-state index contributed by atoms with van der Waals surface area (Å²) in [5, 5.41) is 6.88. The van der Waals surface area contributed by atoms with E-state index in [0.29, 0.717) is 18.3 Å². The van der Waals surface area contributed by atoms with Crippen LogP contribution in [0, 0.1) is 5.82 Å². The molecule has 32 heavy (non-hydrogen) atoms. The summed E-state index contributed by atoms with van der Waals surface area (Å²) in [4.78, 5) is 11.2. The lowest BCUT2D eigenvalue weighted by molar-refractivity contribution is 0.198. The SMILES string of the molecule is CCNC(=NCc1ccc(-n2ccnc2)c(F)c1)NC1CCN(Cc2ccccc2)CC1. The lowest BCUT2D eigenvalue weighted by atomic mass is 10.0. The summed E-state index contributed by atoms with van der Waals surface area (Å²) in [5.74, 6) is 0.507. The first-order chi connectivity index (χ1) is 15.7. The average molecular weight is 435 g/mol. The number of guanidine groups is 1. The highest BCUT2D eigenvalue weighted by Crippen LogP contribution is 2.16. The molecule has 1 saturated heterocycles. The van der Waals surface area contributed by atoms with Gasteiger partial charge in [-0.1, -0.05) is 36.4 Å². The number of hydrogen-bond acceptors (Lipinski definition) is 3. The van der Waals surface area contributed by atoms with Gasteiger partial charge in [-0.3, -0.25) is 4.90 Å². The van der Waals surface area contributed by atoms with Crippen molar-refractivity contribution < 1.29 is 4.39 Å². The number of likely N-dealkylation sites (tertiary alicyclic amines) is 1. The van der Waals surface area contributed by atoms with Gasteiger partial charge in [0.2, 0.25) is 0 Å². The highest BCUT2D eigenvalue weighted by Gasteiger charge is 2.20. The molecule has 0 saturated carbocycles. The summed E-state index contributed by atoms with van der Waals surface area (Å²) in [7, 11) is 0. The summed E-state index contributed by atoms with van der Waals surface area (Å²) in [6, 6.07) is 16.2. The van der Waals surface area contributed by atoms with Gasteiger partial charge in [-0.25, -0.2) is 14.4 Å². The lowest BCUT2D eigenvalue weighted by Crippen LogP contribution is -2.48. The second-order valence-corrected chi connectivity index (χ2v) is 8.13. The Kier molecular flexibility index (Phi) is 7.51. The third-order valence-corrected chi connectivity index (χ3v) is 5.74. The van der Waals surface area contributed by atoms with Crippen LogP contribution in [0.4, 0.5) is 4.39 Å². The molecule has 0 unspecified atom stereocenters. The summed E-state index contributed by atoms with van der Waals surface area (Å²) >= 11 is 0. The molecule has 0 aliphatic carbocycles. The molecule has 6 nitrogen and oxygen atoms in total.